The number of amidine groups is 1. The maximum Gasteiger partial charge on any atom is 0.326 e. The minimum atomic E-state index is -1.15. The fraction of sp³-hybridized carbons (Fsp3) is 0.348. The van der Waals surface area contributed by atoms with E-state index in [0.29, 0.717) is 12.4 Å². The van der Waals surface area contributed by atoms with E-state index in [4.69, 9.17) is 27.9 Å². The zero-order chi connectivity index (χ0) is 23.6. The molecule has 1 atom stereocenters. The molecule has 0 saturated heterocycles. The summed E-state index contributed by atoms with van der Waals surface area (Å²) < 4.78 is 5.76. The molecule has 0 aliphatic carbocycles. The number of carbonyl (C=O) groups is 2. The van der Waals surface area contributed by atoms with Crippen LogP contribution in [0.25, 0.3) is 0 Å². The molecule has 0 unspecified atom stereocenters. The first-order valence-corrected chi connectivity index (χ1v) is 12.3. The molecule has 33 heavy (non-hydrogen) atoms. The molecule has 1 aliphatic heterocycles. The van der Waals surface area contributed by atoms with Crippen molar-refractivity contribution in [3.05, 3.63) is 63.6 Å². The lowest BCUT2D eigenvalue weighted by Gasteiger charge is -2.16. The van der Waals surface area contributed by atoms with Crippen molar-refractivity contribution in [3.63, 3.8) is 0 Å². The highest BCUT2D eigenvalue weighted by atomic mass is 35.5. The predicted molar refractivity (Wildman–Crippen MR) is 133 cm³/mol. The third kappa shape index (κ3) is 7.84. The molecule has 10 heteroatoms. The van der Waals surface area contributed by atoms with E-state index in [-0.39, 0.29) is 22.0 Å². The number of carboxylic acids is 1. The van der Waals surface area contributed by atoms with Crippen LogP contribution in [0.4, 0.5) is 0 Å². The first kappa shape index (κ1) is 25.2. The number of ether oxygens (including phenoxy) is 1. The molecular weight excluding hydrogens is 485 g/mol. The van der Waals surface area contributed by atoms with Gasteiger partial charge in [-0.2, -0.15) is 0 Å². The average molecular weight is 510 g/mol. The first-order valence-electron chi connectivity index (χ1n) is 10.5. The average Bonchev–Trinajstić information content (AvgIpc) is 3.30. The molecule has 1 heterocycles. The Hall–Kier alpha value is -2.42. The summed E-state index contributed by atoms with van der Waals surface area (Å²) in [6, 6.07) is 10.7. The van der Waals surface area contributed by atoms with Crippen LogP contribution in [0.5, 0.6) is 5.75 Å². The highest BCUT2D eigenvalue weighted by molar-refractivity contribution is 8.14. The molecule has 7 nitrogen and oxygen atoms in total. The van der Waals surface area contributed by atoms with Gasteiger partial charge in [0, 0.05) is 18.7 Å². The van der Waals surface area contributed by atoms with E-state index >= 15 is 0 Å². The van der Waals surface area contributed by atoms with Gasteiger partial charge in [0.25, 0.3) is 5.91 Å². The lowest BCUT2D eigenvalue weighted by Crippen LogP contribution is -2.42. The molecule has 176 valence electrons. The summed E-state index contributed by atoms with van der Waals surface area (Å²) in [6.45, 7) is 2.35. The fourth-order valence-corrected chi connectivity index (χ4v) is 4.49. The molecule has 2 aromatic rings. The van der Waals surface area contributed by atoms with Crippen molar-refractivity contribution in [1.82, 2.24) is 10.6 Å². The maximum absolute atomic E-state index is 12.5. The summed E-state index contributed by atoms with van der Waals surface area (Å²) in [5.74, 6) is -0.0221. The van der Waals surface area contributed by atoms with Gasteiger partial charge in [-0.1, -0.05) is 53.2 Å². The second-order valence-electron chi connectivity index (χ2n) is 7.33. The molecule has 0 spiro atoms. The van der Waals surface area contributed by atoms with Crippen LogP contribution >= 0.6 is 35.0 Å². The van der Waals surface area contributed by atoms with Crippen molar-refractivity contribution in [2.75, 3.05) is 25.4 Å². The zero-order valence-corrected chi connectivity index (χ0v) is 20.2. The Morgan fingerprint density at radius 1 is 1.12 bits per heavy atom. The standard InChI is InChI=1S/C23H25Cl2N3O4S/c24-17-4-3-5-18(25)20(17)21(29)28-19(22(30)31)14-15-6-8-16(9-7-15)32-12-2-1-10-26-23-27-11-13-33-23/h3-9,19H,1-2,10-14H2,(H,26,27)(H,28,29)(H,30,31)/t19-/m0/s1. The van der Waals surface area contributed by atoms with Crippen LogP contribution in [0.3, 0.4) is 0 Å². The van der Waals surface area contributed by atoms with Gasteiger partial charge in [0.1, 0.15) is 11.8 Å². The summed E-state index contributed by atoms with van der Waals surface area (Å²) >= 11 is 13.8. The number of aliphatic imine (C=N–C) groups is 1. The summed E-state index contributed by atoms with van der Waals surface area (Å²) in [5.41, 5.74) is 0.806. The van der Waals surface area contributed by atoms with E-state index in [1.807, 2.05) is 0 Å². The van der Waals surface area contributed by atoms with Crippen molar-refractivity contribution in [2.24, 2.45) is 4.99 Å². The van der Waals surface area contributed by atoms with Gasteiger partial charge in [-0.25, -0.2) is 4.79 Å². The molecule has 0 saturated carbocycles. The molecule has 0 bridgehead atoms. The van der Waals surface area contributed by atoms with Crippen LogP contribution in [-0.4, -0.2) is 53.6 Å². The molecule has 0 fully saturated rings. The normalized spacial score (nSPS) is 13.8. The van der Waals surface area contributed by atoms with Crippen molar-refractivity contribution in [3.8, 4) is 5.75 Å². The van der Waals surface area contributed by atoms with Crippen LogP contribution in [0.1, 0.15) is 28.8 Å². The molecule has 3 rings (SSSR count). The number of carboxylic acid groups (broad SMARTS) is 1. The Balaban J connectivity index is 1.45. The highest BCUT2D eigenvalue weighted by Gasteiger charge is 2.23. The molecule has 2 aromatic carbocycles. The SMILES string of the molecule is O=C(N[C@@H](Cc1ccc(OCCCCNC2=NCCS2)cc1)C(=O)O)c1c(Cl)cccc1Cl. The second-order valence-corrected chi connectivity index (χ2v) is 9.22. The Kier molecular flexibility index (Phi) is 9.72. The summed E-state index contributed by atoms with van der Waals surface area (Å²) in [6.07, 6.45) is 1.99. The first-order chi connectivity index (χ1) is 15.9. The van der Waals surface area contributed by atoms with Crippen molar-refractivity contribution in [2.45, 2.75) is 25.3 Å². The third-order valence-corrected chi connectivity index (χ3v) is 6.42. The maximum atomic E-state index is 12.5. The van der Waals surface area contributed by atoms with Crippen LogP contribution < -0.4 is 15.4 Å². The number of carbonyl (C=O) groups excluding carboxylic acids is 1. The number of nitrogens with zero attached hydrogens (tertiary/aromatic N) is 1. The van der Waals surface area contributed by atoms with E-state index in [0.717, 1.165) is 42.4 Å². The van der Waals surface area contributed by atoms with Gasteiger partial charge < -0.3 is 20.5 Å². The number of hydrogen-bond acceptors (Lipinski definition) is 6. The van der Waals surface area contributed by atoms with Crippen molar-refractivity contribution >= 4 is 52.0 Å². The minimum absolute atomic E-state index is 0.0565. The Morgan fingerprint density at radius 2 is 1.85 bits per heavy atom. The van der Waals surface area contributed by atoms with Gasteiger partial charge in [-0.3, -0.25) is 9.79 Å². The Morgan fingerprint density at radius 3 is 2.48 bits per heavy atom. The number of benzene rings is 2. The van der Waals surface area contributed by atoms with E-state index < -0.39 is 17.9 Å². The van der Waals surface area contributed by atoms with Crippen LogP contribution in [0.15, 0.2) is 47.5 Å². The van der Waals surface area contributed by atoms with E-state index in [1.165, 1.54) is 12.1 Å². The molecular formula is C23H25Cl2N3O4S. The Bertz CT molecular complexity index is 981. The Labute approximate surface area is 206 Å². The number of thioether (sulfide) groups is 1. The lowest BCUT2D eigenvalue weighted by atomic mass is 10.1. The second kappa shape index (κ2) is 12.7. The van der Waals surface area contributed by atoms with Crippen molar-refractivity contribution < 1.29 is 19.4 Å². The number of unbranched alkanes of at least 4 members (excludes halogenated alkanes) is 1. The summed E-state index contributed by atoms with van der Waals surface area (Å²) in [5, 5.41) is 16.7. The lowest BCUT2D eigenvalue weighted by molar-refractivity contribution is -0.139. The van der Waals surface area contributed by atoms with Gasteiger partial charge >= 0.3 is 5.97 Å². The number of aliphatic carboxylic acids is 1. The predicted octanol–water partition coefficient (Wildman–Crippen LogP) is 4.27. The summed E-state index contributed by atoms with van der Waals surface area (Å²) in [7, 11) is 0. The van der Waals surface area contributed by atoms with E-state index in [2.05, 4.69) is 15.6 Å². The molecule has 3 N–H and O–H groups in total. The third-order valence-electron chi connectivity index (χ3n) is 4.86. The van der Waals surface area contributed by atoms with E-state index in [9.17, 15) is 14.7 Å². The molecule has 0 aromatic heterocycles. The van der Waals surface area contributed by atoms with E-state index in [1.54, 1.807) is 42.1 Å². The molecule has 1 aliphatic rings. The van der Waals surface area contributed by atoms with Crippen LogP contribution in [0, 0.1) is 0 Å². The zero-order valence-electron chi connectivity index (χ0n) is 17.9. The number of halogens is 2. The van der Waals surface area contributed by atoms with Gasteiger partial charge in [-0.05, 0) is 42.7 Å². The largest absolute Gasteiger partial charge is 0.494 e. The molecule has 1 amide bonds. The number of hydrogen-bond donors (Lipinski definition) is 3. The van der Waals surface area contributed by atoms with Gasteiger partial charge in [0.2, 0.25) is 0 Å². The highest BCUT2D eigenvalue weighted by Crippen LogP contribution is 2.24. The number of amides is 1. The smallest absolute Gasteiger partial charge is 0.326 e. The van der Waals surface area contributed by atoms with Gasteiger partial charge in [0.15, 0.2) is 5.17 Å². The fourth-order valence-electron chi connectivity index (χ4n) is 3.16. The molecule has 0 radical (unpaired) electrons. The van der Waals surface area contributed by atoms with Crippen LogP contribution in [0.2, 0.25) is 10.0 Å². The number of nitrogens with one attached hydrogen (secondary N) is 2. The number of rotatable bonds is 11. The quantitative estimate of drug-likeness (QED) is 0.391. The monoisotopic (exact) mass is 509 g/mol. The van der Waals surface area contributed by atoms with Crippen LogP contribution in [-0.2, 0) is 11.2 Å². The topological polar surface area (TPSA) is 100 Å². The van der Waals surface area contributed by atoms with Gasteiger partial charge in [-0.15, -0.1) is 0 Å². The summed E-state index contributed by atoms with van der Waals surface area (Å²) in [4.78, 5) is 28.6. The minimum Gasteiger partial charge on any atom is -0.494 e. The van der Waals surface area contributed by atoms with Crippen molar-refractivity contribution in [1.29, 1.82) is 0 Å². The van der Waals surface area contributed by atoms with Gasteiger partial charge in [0.05, 0.1) is 28.8 Å².